The van der Waals surface area contributed by atoms with Gasteiger partial charge >= 0.3 is 0 Å². The Morgan fingerprint density at radius 3 is 2.42 bits per heavy atom. The molecule has 10 heteroatoms. The number of aromatic nitrogens is 1. The minimum absolute atomic E-state index is 0.0468. The van der Waals surface area contributed by atoms with Gasteiger partial charge in [0.2, 0.25) is 0 Å². The van der Waals surface area contributed by atoms with Gasteiger partial charge in [-0.25, -0.2) is 4.98 Å². The van der Waals surface area contributed by atoms with Crippen molar-refractivity contribution in [1.29, 1.82) is 0 Å². The summed E-state index contributed by atoms with van der Waals surface area (Å²) in [5, 5.41) is 25.9. The van der Waals surface area contributed by atoms with E-state index in [2.05, 4.69) is 10.3 Å². The zero-order valence-electron chi connectivity index (χ0n) is 16.1. The van der Waals surface area contributed by atoms with E-state index >= 15 is 0 Å². The number of non-ortho nitro benzene ring substituents is 1. The number of nitro groups is 2. The molecule has 0 aliphatic heterocycles. The third-order valence-corrected chi connectivity index (χ3v) is 5.79. The number of carbonyl (C=O) groups excluding carboxylic acids is 1. The van der Waals surface area contributed by atoms with Gasteiger partial charge in [-0.05, 0) is 31.2 Å². The van der Waals surface area contributed by atoms with Crippen LogP contribution in [0.15, 0.2) is 60.7 Å². The summed E-state index contributed by atoms with van der Waals surface area (Å²) in [5.41, 5.74) is 0.842. The summed E-state index contributed by atoms with van der Waals surface area (Å²) in [5.74, 6) is -0.683. The van der Waals surface area contributed by atoms with Crippen LogP contribution < -0.4 is 5.32 Å². The molecular formula is C21H14N4O5S. The minimum Gasteiger partial charge on any atom is -0.321 e. The molecule has 4 rings (SSSR count). The van der Waals surface area contributed by atoms with Crippen LogP contribution in [0.3, 0.4) is 0 Å². The van der Waals surface area contributed by atoms with E-state index in [0.717, 1.165) is 22.3 Å². The maximum absolute atomic E-state index is 13.0. The molecule has 31 heavy (non-hydrogen) atoms. The highest BCUT2D eigenvalue weighted by atomic mass is 32.1. The van der Waals surface area contributed by atoms with Gasteiger partial charge in [0.15, 0.2) is 0 Å². The number of fused-ring (bicyclic) bond motifs is 1. The van der Waals surface area contributed by atoms with Crippen LogP contribution in [0.5, 0.6) is 0 Å². The number of anilines is 1. The summed E-state index contributed by atoms with van der Waals surface area (Å²) in [6.07, 6.45) is 0. The van der Waals surface area contributed by atoms with E-state index in [1.165, 1.54) is 18.3 Å². The number of benzene rings is 3. The van der Waals surface area contributed by atoms with Gasteiger partial charge in [-0.3, -0.25) is 25.0 Å². The molecule has 0 fully saturated rings. The summed E-state index contributed by atoms with van der Waals surface area (Å²) in [6.45, 7) is 1.39. The molecule has 0 saturated carbocycles. The fraction of sp³-hybridized carbons (Fsp3) is 0.0476. The first-order valence-corrected chi connectivity index (χ1v) is 9.86. The lowest BCUT2D eigenvalue weighted by Gasteiger charge is -2.11. The summed E-state index contributed by atoms with van der Waals surface area (Å²) < 4.78 is 0.990. The van der Waals surface area contributed by atoms with Crippen LogP contribution in [-0.4, -0.2) is 20.7 Å². The number of hydrogen-bond acceptors (Lipinski definition) is 7. The molecule has 3 aromatic carbocycles. The topological polar surface area (TPSA) is 128 Å². The molecule has 0 saturated heterocycles. The lowest BCUT2D eigenvalue weighted by atomic mass is 10.0. The Bertz CT molecular complexity index is 1330. The van der Waals surface area contributed by atoms with Gasteiger partial charge in [-0.1, -0.05) is 24.3 Å². The molecule has 0 atom stereocenters. The number of carbonyl (C=O) groups is 1. The Labute approximate surface area is 179 Å². The second-order valence-corrected chi connectivity index (χ2v) is 7.67. The van der Waals surface area contributed by atoms with E-state index in [0.29, 0.717) is 16.3 Å². The van der Waals surface area contributed by atoms with E-state index in [4.69, 9.17) is 0 Å². The Morgan fingerprint density at radius 1 is 1.00 bits per heavy atom. The van der Waals surface area contributed by atoms with Gasteiger partial charge in [0, 0.05) is 17.2 Å². The van der Waals surface area contributed by atoms with Crippen molar-refractivity contribution >= 4 is 44.5 Å². The van der Waals surface area contributed by atoms with Gasteiger partial charge in [0.05, 0.1) is 37.4 Å². The van der Waals surface area contributed by atoms with E-state index in [1.807, 2.05) is 24.3 Å². The Morgan fingerprint density at radius 2 is 1.71 bits per heavy atom. The molecule has 0 aliphatic carbocycles. The predicted octanol–water partition coefficient (Wildman–Crippen LogP) is 5.34. The van der Waals surface area contributed by atoms with Crippen LogP contribution in [0.4, 0.5) is 17.1 Å². The smallest absolute Gasteiger partial charge is 0.279 e. The molecule has 1 N–H and O–H groups in total. The lowest BCUT2D eigenvalue weighted by Crippen LogP contribution is -2.15. The Balaban J connectivity index is 1.75. The van der Waals surface area contributed by atoms with E-state index < -0.39 is 27.1 Å². The first-order chi connectivity index (χ1) is 14.8. The number of nitro benzene ring substituents is 2. The van der Waals surface area contributed by atoms with Crippen molar-refractivity contribution in [3.63, 3.8) is 0 Å². The van der Waals surface area contributed by atoms with Gasteiger partial charge in [0.25, 0.3) is 17.3 Å². The Kier molecular flexibility index (Phi) is 5.14. The third-order valence-electron chi connectivity index (χ3n) is 4.72. The molecule has 9 nitrogen and oxygen atoms in total. The van der Waals surface area contributed by atoms with E-state index in [9.17, 15) is 25.0 Å². The number of thiazole rings is 1. The summed E-state index contributed by atoms with van der Waals surface area (Å²) in [6, 6.07) is 16.5. The molecule has 0 spiro atoms. The highest BCUT2D eigenvalue weighted by Gasteiger charge is 2.25. The molecule has 1 aromatic heterocycles. The summed E-state index contributed by atoms with van der Waals surface area (Å²) >= 11 is 1.46. The Hall–Kier alpha value is -4.18. The fourth-order valence-corrected chi connectivity index (χ4v) is 4.18. The highest BCUT2D eigenvalue weighted by molar-refractivity contribution is 7.21. The van der Waals surface area contributed by atoms with Crippen molar-refractivity contribution in [2.75, 3.05) is 5.32 Å². The quantitative estimate of drug-likeness (QED) is 0.333. The van der Waals surface area contributed by atoms with Crippen molar-refractivity contribution in [3.05, 3.63) is 92.0 Å². The minimum atomic E-state index is -0.766. The number of amides is 1. The lowest BCUT2D eigenvalue weighted by molar-refractivity contribution is -0.394. The maximum atomic E-state index is 13.0. The SMILES string of the molecule is Cc1c(C(=O)Nc2ccccc2-c2nc3ccccc3s2)cc([N+](=O)[O-])cc1[N+](=O)[O-]. The van der Waals surface area contributed by atoms with Crippen LogP contribution in [-0.2, 0) is 0 Å². The normalized spacial score (nSPS) is 10.7. The van der Waals surface area contributed by atoms with Crippen molar-refractivity contribution in [3.8, 4) is 10.6 Å². The second kappa shape index (κ2) is 7.92. The van der Waals surface area contributed by atoms with Gasteiger partial charge < -0.3 is 5.32 Å². The second-order valence-electron chi connectivity index (χ2n) is 6.64. The standard InChI is InChI=1S/C21H14N4O5S/c1-12-15(10-13(24(27)28)11-18(12)25(29)30)20(26)22-16-7-3-2-6-14(16)21-23-17-8-4-5-9-19(17)31-21/h2-11H,1H3,(H,22,26). The third kappa shape index (κ3) is 3.83. The number of rotatable bonds is 5. The number of nitrogens with zero attached hydrogens (tertiary/aromatic N) is 3. The van der Waals surface area contributed by atoms with Crippen molar-refractivity contribution < 1.29 is 14.6 Å². The van der Waals surface area contributed by atoms with Crippen molar-refractivity contribution in [2.45, 2.75) is 6.92 Å². The van der Waals surface area contributed by atoms with Crippen LogP contribution in [0.25, 0.3) is 20.8 Å². The molecule has 0 radical (unpaired) electrons. The van der Waals surface area contributed by atoms with Crippen molar-refractivity contribution in [2.24, 2.45) is 0 Å². The number of hydrogen-bond donors (Lipinski definition) is 1. The maximum Gasteiger partial charge on any atom is 0.279 e. The molecular weight excluding hydrogens is 420 g/mol. The molecule has 1 heterocycles. The van der Waals surface area contributed by atoms with Crippen LogP contribution >= 0.6 is 11.3 Å². The largest absolute Gasteiger partial charge is 0.321 e. The van der Waals surface area contributed by atoms with Crippen LogP contribution in [0.1, 0.15) is 15.9 Å². The van der Waals surface area contributed by atoms with Gasteiger partial charge in [-0.15, -0.1) is 11.3 Å². The molecule has 1 amide bonds. The zero-order chi connectivity index (χ0) is 22.1. The van der Waals surface area contributed by atoms with Crippen LogP contribution in [0.2, 0.25) is 0 Å². The summed E-state index contributed by atoms with van der Waals surface area (Å²) in [7, 11) is 0. The monoisotopic (exact) mass is 434 g/mol. The van der Waals surface area contributed by atoms with Crippen molar-refractivity contribution in [1.82, 2.24) is 4.98 Å². The van der Waals surface area contributed by atoms with Gasteiger partial charge in [-0.2, -0.15) is 0 Å². The fourth-order valence-electron chi connectivity index (χ4n) is 3.17. The highest BCUT2D eigenvalue weighted by Crippen LogP contribution is 2.35. The molecule has 154 valence electrons. The molecule has 0 aliphatic rings. The average Bonchev–Trinajstić information content (AvgIpc) is 3.17. The number of para-hydroxylation sites is 2. The summed E-state index contributed by atoms with van der Waals surface area (Å²) in [4.78, 5) is 38.6. The van der Waals surface area contributed by atoms with E-state index in [-0.39, 0.29) is 11.1 Å². The van der Waals surface area contributed by atoms with Crippen LogP contribution in [0, 0.1) is 27.2 Å². The molecule has 4 aromatic rings. The predicted molar refractivity (Wildman–Crippen MR) is 117 cm³/mol. The average molecular weight is 434 g/mol. The first-order valence-electron chi connectivity index (χ1n) is 9.05. The molecule has 0 bridgehead atoms. The first kappa shape index (κ1) is 20.1. The molecule has 0 unspecified atom stereocenters. The zero-order valence-corrected chi connectivity index (χ0v) is 16.9. The number of nitrogens with one attached hydrogen (secondary N) is 1. The van der Waals surface area contributed by atoms with Gasteiger partial charge in [0.1, 0.15) is 5.01 Å². The van der Waals surface area contributed by atoms with E-state index in [1.54, 1.807) is 24.3 Å².